The summed E-state index contributed by atoms with van der Waals surface area (Å²) in [6.07, 6.45) is 3.48. The number of carbonyl (C=O) groups is 2. The second kappa shape index (κ2) is 7.92. The van der Waals surface area contributed by atoms with Crippen molar-refractivity contribution < 1.29 is 14.3 Å². The number of rotatable bonds is 5. The van der Waals surface area contributed by atoms with Gasteiger partial charge in [0.05, 0.1) is 12.3 Å². The van der Waals surface area contributed by atoms with Crippen LogP contribution in [0.4, 0.5) is 5.13 Å². The van der Waals surface area contributed by atoms with Crippen LogP contribution in [0.1, 0.15) is 41.0 Å². The minimum absolute atomic E-state index is 0.0139. The fraction of sp³-hybridized carbons (Fsp3) is 0.722. The standard InChI is InChI=1S/C18H28N4O3S/c1-13-15(26-17(19-2)20-13)16(24)22-8-4-6-18(12-22)7-5-14(23)21(11-18)9-10-25-3/h4-12H2,1-3H3,(H,19,20). The zero-order valence-electron chi connectivity index (χ0n) is 15.8. The highest BCUT2D eigenvalue weighted by Gasteiger charge is 2.43. The van der Waals surface area contributed by atoms with E-state index in [-0.39, 0.29) is 17.2 Å². The Morgan fingerprint density at radius 2 is 2.19 bits per heavy atom. The summed E-state index contributed by atoms with van der Waals surface area (Å²) < 4.78 is 5.14. The Morgan fingerprint density at radius 3 is 2.88 bits per heavy atom. The lowest BCUT2D eigenvalue weighted by Gasteiger charge is -2.48. The first-order valence-electron chi connectivity index (χ1n) is 9.19. The van der Waals surface area contributed by atoms with Crippen molar-refractivity contribution in [1.29, 1.82) is 0 Å². The maximum Gasteiger partial charge on any atom is 0.265 e. The Kier molecular flexibility index (Phi) is 5.82. The molecule has 0 radical (unpaired) electrons. The van der Waals surface area contributed by atoms with E-state index in [9.17, 15) is 9.59 Å². The second-order valence-corrected chi connectivity index (χ2v) is 8.32. The van der Waals surface area contributed by atoms with E-state index < -0.39 is 0 Å². The summed E-state index contributed by atoms with van der Waals surface area (Å²) >= 11 is 1.41. The third kappa shape index (κ3) is 3.86. The molecular weight excluding hydrogens is 352 g/mol. The van der Waals surface area contributed by atoms with Gasteiger partial charge in [-0.1, -0.05) is 11.3 Å². The number of hydrogen-bond donors (Lipinski definition) is 1. The highest BCUT2D eigenvalue weighted by atomic mass is 32.1. The molecule has 2 aliphatic heterocycles. The van der Waals surface area contributed by atoms with Crippen molar-refractivity contribution in [3.63, 3.8) is 0 Å². The van der Waals surface area contributed by atoms with E-state index in [0.29, 0.717) is 19.6 Å². The summed E-state index contributed by atoms with van der Waals surface area (Å²) in [5.74, 6) is 0.272. The Hall–Kier alpha value is -1.67. The van der Waals surface area contributed by atoms with Crippen molar-refractivity contribution in [3.8, 4) is 0 Å². The molecule has 2 aliphatic rings. The largest absolute Gasteiger partial charge is 0.383 e. The van der Waals surface area contributed by atoms with Crippen molar-refractivity contribution in [2.45, 2.75) is 32.6 Å². The average molecular weight is 381 g/mol. The van der Waals surface area contributed by atoms with Crippen molar-refractivity contribution in [3.05, 3.63) is 10.6 Å². The number of nitrogens with zero attached hydrogens (tertiary/aromatic N) is 3. The van der Waals surface area contributed by atoms with Crippen LogP contribution < -0.4 is 5.32 Å². The quantitative estimate of drug-likeness (QED) is 0.845. The van der Waals surface area contributed by atoms with Crippen LogP contribution in [0.3, 0.4) is 0 Å². The Labute approximate surface area is 158 Å². The van der Waals surface area contributed by atoms with E-state index in [4.69, 9.17) is 4.74 Å². The molecule has 1 atom stereocenters. The predicted molar refractivity (Wildman–Crippen MR) is 102 cm³/mol. The van der Waals surface area contributed by atoms with Gasteiger partial charge in [-0.3, -0.25) is 9.59 Å². The summed E-state index contributed by atoms with van der Waals surface area (Å²) in [5.41, 5.74) is 0.796. The summed E-state index contributed by atoms with van der Waals surface area (Å²) in [6.45, 7) is 5.29. The summed E-state index contributed by atoms with van der Waals surface area (Å²) in [4.78, 5) is 34.3. The highest BCUT2D eigenvalue weighted by molar-refractivity contribution is 7.17. The monoisotopic (exact) mass is 380 g/mol. The predicted octanol–water partition coefficient (Wildman–Crippen LogP) is 1.98. The lowest BCUT2D eigenvalue weighted by Crippen LogP contribution is -2.55. The van der Waals surface area contributed by atoms with Gasteiger partial charge in [0.2, 0.25) is 5.91 Å². The van der Waals surface area contributed by atoms with Crippen LogP contribution in [0.5, 0.6) is 0 Å². The topological polar surface area (TPSA) is 74.8 Å². The molecule has 1 N–H and O–H groups in total. The van der Waals surface area contributed by atoms with Crippen LogP contribution >= 0.6 is 11.3 Å². The second-order valence-electron chi connectivity index (χ2n) is 7.32. The van der Waals surface area contributed by atoms with Crippen LogP contribution in [0.2, 0.25) is 0 Å². The number of hydrogen-bond acceptors (Lipinski definition) is 6. The normalized spacial score (nSPS) is 23.6. The SMILES string of the molecule is CNc1nc(C)c(C(=O)N2CCCC3(CCC(=O)N(CCOC)C3)C2)s1. The van der Waals surface area contributed by atoms with E-state index in [0.717, 1.165) is 54.6 Å². The number of anilines is 1. The van der Waals surface area contributed by atoms with Crippen LogP contribution in [-0.4, -0.2) is 73.5 Å². The van der Waals surface area contributed by atoms with Gasteiger partial charge in [0.15, 0.2) is 5.13 Å². The van der Waals surface area contributed by atoms with Crippen LogP contribution in [0, 0.1) is 12.3 Å². The average Bonchev–Trinajstić information content (AvgIpc) is 3.03. The van der Waals surface area contributed by atoms with Gasteiger partial charge in [0.25, 0.3) is 5.91 Å². The number of ether oxygens (including phenoxy) is 1. The van der Waals surface area contributed by atoms with Crippen molar-refractivity contribution >= 4 is 28.3 Å². The zero-order chi connectivity index (χ0) is 18.7. The lowest BCUT2D eigenvalue weighted by molar-refractivity contribution is -0.139. The molecule has 26 heavy (non-hydrogen) atoms. The molecular formula is C18H28N4O3S. The third-order valence-corrected chi connectivity index (χ3v) is 6.63. The molecule has 2 fully saturated rings. The number of amides is 2. The molecule has 7 nitrogen and oxygen atoms in total. The van der Waals surface area contributed by atoms with Crippen LogP contribution in [0.15, 0.2) is 0 Å². The highest BCUT2D eigenvalue weighted by Crippen LogP contribution is 2.39. The molecule has 8 heteroatoms. The molecule has 0 aliphatic carbocycles. The molecule has 3 heterocycles. The Balaban J connectivity index is 1.72. The van der Waals surface area contributed by atoms with Crippen molar-refractivity contribution in [2.24, 2.45) is 5.41 Å². The smallest absolute Gasteiger partial charge is 0.265 e. The fourth-order valence-electron chi connectivity index (χ4n) is 4.07. The molecule has 2 amide bonds. The molecule has 2 saturated heterocycles. The molecule has 144 valence electrons. The van der Waals surface area contributed by atoms with Gasteiger partial charge in [0.1, 0.15) is 4.88 Å². The number of methoxy groups -OCH3 is 1. The fourth-order valence-corrected chi connectivity index (χ4v) is 4.96. The van der Waals surface area contributed by atoms with Gasteiger partial charge in [-0.05, 0) is 26.2 Å². The van der Waals surface area contributed by atoms with E-state index >= 15 is 0 Å². The molecule has 3 rings (SSSR count). The lowest BCUT2D eigenvalue weighted by atomic mass is 9.73. The number of likely N-dealkylation sites (tertiary alicyclic amines) is 2. The summed E-state index contributed by atoms with van der Waals surface area (Å²) in [5, 5.41) is 3.78. The first kappa shape index (κ1) is 19.1. The van der Waals surface area contributed by atoms with E-state index in [1.54, 1.807) is 7.11 Å². The first-order chi connectivity index (χ1) is 12.5. The van der Waals surface area contributed by atoms with Gasteiger partial charge in [0, 0.05) is 52.2 Å². The summed E-state index contributed by atoms with van der Waals surface area (Å²) in [7, 11) is 3.47. The van der Waals surface area contributed by atoms with Gasteiger partial charge >= 0.3 is 0 Å². The number of nitrogens with one attached hydrogen (secondary N) is 1. The Morgan fingerprint density at radius 1 is 1.38 bits per heavy atom. The number of piperidine rings is 2. The van der Waals surface area contributed by atoms with E-state index in [1.807, 2.05) is 23.8 Å². The molecule has 1 aromatic rings. The molecule has 1 spiro atoms. The molecule has 1 aromatic heterocycles. The number of aromatic nitrogens is 1. The maximum absolute atomic E-state index is 13.1. The van der Waals surface area contributed by atoms with Crippen molar-refractivity contribution in [2.75, 3.05) is 52.3 Å². The van der Waals surface area contributed by atoms with Crippen molar-refractivity contribution in [1.82, 2.24) is 14.8 Å². The van der Waals surface area contributed by atoms with Gasteiger partial charge in [-0.2, -0.15) is 0 Å². The van der Waals surface area contributed by atoms with Gasteiger partial charge < -0.3 is 19.9 Å². The molecule has 0 bridgehead atoms. The zero-order valence-corrected chi connectivity index (χ0v) is 16.7. The number of aryl methyl sites for hydroxylation is 1. The molecule has 0 aromatic carbocycles. The first-order valence-corrected chi connectivity index (χ1v) is 10.0. The molecule has 1 unspecified atom stereocenters. The Bertz CT molecular complexity index is 677. The third-order valence-electron chi connectivity index (χ3n) is 5.47. The van der Waals surface area contributed by atoms with Gasteiger partial charge in [-0.25, -0.2) is 4.98 Å². The minimum Gasteiger partial charge on any atom is -0.383 e. The maximum atomic E-state index is 13.1. The van der Waals surface area contributed by atoms with E-state index in [2.05, 4.69) is 10.3 Å². The van der Waals surface area contributed by atoms with E-state index in [1.165, 1.54) is 11.3 Å². The van der Waals surface area contributed by atoms with Gasteiger partial charge in [-0.15, -0.1) is 0 Å². The van der Waals surface area contributed by atoms with Crippen LogP contribution in [-0.2, 0) is 9.53 Å². The van der Waals surface area contributed by atoms with Crippen LogP contribution in [0.25, 0.3) is 0 Å². The molecule has 0 saturated carbocycles. The number of carbonyl (C=O) groups excluding carboxylic acids is 2. The summed E-state index contributed by atoms with van der Waals surface area (Å²) in [6, 6.07) is 0. The minimum atomic E-state index is 0.0139. The number of thiazole rings is 1.